The molecule has 94 valence electrons. The Morgan fingerprint density at radius 1 is 1.38 bits per heavy atom. The van der Waals surface area contributed by atoms with Crippen molar-refractivity contribution in [3.63, 3.8) is 0 Å². The molecule has 16 heavy (non-hydrogen) atoms. The lowest BCUT2D eigenvalue weighted by Gasteiger charge is -2.20. The summed E-state index contributed by atoms with van der Waals surface area (Å²) in [4.78, 5) is 2.64. The van der Waals surface area contributed by atoms with Gasteiger partial charge in [-0.15, -0.1) is 0 Å². The minimum absolute atomic E-state index is 0.203. The lowest BCUT2D eigenvalue weighted by molar-refractivity contribution is 0.120. The number of hydrogen-bond donors (Lipinski definition) is 2. The third-order valence-corrected chi connectivity index (χ3v) is 4.02. The molecular weight excluding hydrogens is 200 g/mol. The van der Waals surface area contributed by atoms with E-state index in [1.165, 1.54) is 25.8 Å². The Hall–Kier alpha value is -0.120. The molecule has 1 saturated carbocycles. The maximum atomic E-state index is 9.76. The summed E-state index contributed by atoms with van der Waals surface area (Å²) >= 11 is 0. The molecule has 0 radical (unpaired) electrons. The highest BCUT2D eigenvalue weighted by Gasteiger charge is 2.38. The van der Waals surface area contributed by atoms with Crippen LogP contribution in [0.25, 0.3) is 0 Å². The molecule has 1 saturated heterocycles. The van der Waals surface area contributed by atoms with Gasteiger partial charge in [0.2, 0.25) is 0 Å². The van der Waals surface area contributed by atoms with Crippen LogP contribution in [0, 0.1) is 5.92 Å². The van der Waals surface area contributed by atoms with Crippen molar-refractivity contribution in [3.8, 4) is 0 Å². The summed E-state index contributed by atoms with van der Waals surface area (Å²) in [5.41, 5.74) is 0. The molecule has 0 amide bonds. The highest BCUT2D eigenvalue weighted by molar-refractivity contribution is 4.96. The van der Waals surface area contributed by atoms with Gasteiger partial charge in [-0.25, -0.2) is 0 Å². The van der Waals surface area contributed by atoms with Crippen molar-refractivity contribution in [3.05, 3.63) is 0 Å². The minimum atomic E-state index is -0.203. The lowest BCUT2D eigenvalue weighted by atomic mass is 10.1. The van der Waals surface area contributed by atoms with Gasteiger partial charge >= 0.3 is 0 Å². The number of hydrogen-bond acceptors (Lipinski definition) is 3. The van der Waals surface area contributed by atoms with Gasteiger partial charge in [0.1, 0.15) is 0 Å². The summed E-state index contributed by atoms with van der Waals surface area (Å²) < 4.78 is 0. The maximum absolute atomic E-state index is 9.76. The van der Waals surface area contributed by atoms with Crippen LogP contribution >= 0.6 is 0 Å². The SMILES string of the molecule is CC(C)C(O)CNC1CC(C)N(C2CC2)C1. The van der Waals surface area contributed by atoms with Crippen molar-refractivity contribution in [2.45, 2.75) is 64.3 Å². The van der Waals surface area contributed by atoms with E-state index in [9.17, 15) is 5.11 Å². The van der Waals surface area contributed by atoms with Gasteiger partial charge in [0.05, 0.1) is 6.10 Å². The number of likely N-dealkylation sites (tertiary alicyclic amines) is 1. The topological polar surface area (TPSA) is 35.5 Å². The monoisotopic (exact) mass is 226 g/mol. The first kappa shape index (κ1) is 12.3. The van der Waals surface area contributed by atoms with Crippen LogP contribution in [0.5, 0.6) is 0 Å². The zero-order valence-electron chi connectivity index (χ0n) is 10.8. The summed E-state index contributed by atoms with van der Waals surface area (Å²) in [6.45, 7) is 8.39. The van der Waals surface area contributed by atoms with E-state index in [1.54, 1.807) is 0 Å². The van der Waals surface area contributed by atoms with Crippen LogP contribution in [0.4, 0.5) is 0 Å². The molecule has 3 nitrogen and oxygen atoms in total. The Kier molecular flexibility index (Phi) is 3.88. The first-order chi connectivity index (χ1) is 7.58. The zero-order chi connectivity index (χ0) is 11.7. The second-order valence-electron chi connectivity index (χ2n) is 5.93. The van der Waals surface area contributed by atoms with E-state index in [0.717, 1.165) is 18.6 Å². The van der Waals surface area contributed by atoms with E-state index in [-0.39, 0.29) is 6.10 Å². The number of rotatable bonds is 5. The zero-order valence-corrected chi connectivity index (χ0v) is 10.8. The summed E-state index contributed by atoms with van der Waals surface area (Å²) in [5.74, 6) is 0.353. The van der Waals surface area contributed by atoms with Crippen molar-refractivity contribution in [2.24, 2.45) is 5.92 Å². The molecule has 1 aliphatic carbocycles. The molecular formula is C13H26N2O. The van der Waals surface area contributed by atoms with Crippen molar-refractivity contribution >= 4 is 0 Å². The van der Waals surface area contributed by atoms with Crippen LogP contribution in [0.3, 0.4) is 0 Å². The molecule has 2 N–H and O–H groups in total. The predicted octanol–water partition coefficient (Wildman–Crippen LogP) is 1.22. The number of aliphatic hydroxyl groups is 1. The van der Waals surface area contributed by atoms with Crippen molar-refractivity contribution in [1.82, 2.24) is 10.2 Å². The van der Waals surface area contributed by atoms with Gasteiger partial charge in [0.25, 0.3) is 0 Å². The van der Waals surface area contributed by atoms with E-state index < -0.39 is 0 Å². The largest absolute Gasteiger partial charge is 0.392 e. The minimum Gasteiger partial charge on any atom is -0.392 e. The van der Waals surface area contributed by atoms with E-state index in [1.807, 2.05) is 0 Å². The standard InChI is InChI=1S/C13H26N2O/c1-9(2)13(16)7-14-11-6-10(3)15(8-11)12-4-5-12/h9-14,16H,4-8H2,1-3H3. The molecule has 0 aromatic rings. The van der Waals surface area contributed by atoms with Gasteiger partial charge < -0.3 is 10.4 Å². The van der Waals surface area contributed by atoms with Crippen LogP contribution in [0.2, 0.25) is 0 Å². The van der Waals surface area contributed by atoms with Crippen molar-refractivity contribution in [1.29, 1.82) is 0 Å². The van der Waals surface area contributed by atoms with Crippen LogP contribution in [-0.2, 0) is 0 Å². The normalized spacial score (nSPS) is 33.6. The summed E-state index contributed by atoms with van der Waals surface area (Å²) in [6, 6.07) is 2.18. The highest BCUT2D eigenvalue weighted by atomic mass is 16.3. The molecule has 2 fully saturated rings. The molecule has 0 aromatic carbocycles. The summed E-state index contributed by atoms with van der Waals surface area (Å²) in [5, 5.41) is 13.3. The summed E-state index contributed by atoms with van der Waals surface area (Å²) in [7, 11) is 0. The van der Waals surface area contributed by atoms with Gasteiger partial charge in [-0.05, 0) is 32.1 Å². The van der Waals surface area contributed by atoms with Gasteiger partial charge in [-0.1, -0.05) is 13.8 Å². The maximum Gasteiger partial charge on any atom is 0.0687 e. The lowest BCUT2D eigenvalue weighted by Crippen LogP contribution is -2.39. The van der Waals surface area contributed by atoms with E-state index in [4.69, 9.17) is 0 Å². The van der Waals surface area contributed by atoms with Crippen molar-refractivity contribution in [2.75, 3.05) is 13.1 Å². The van der Waals surface area contributed by atoms with Crippen LogP contribution in [0.15, 0.2) is 0 Å². The molecule has 2 aliphatic rings. The van der Waals surface area contributed by atoms with Gasteiger partial charge in [0.15, 0.2) is 0 Å². The van der Waals surface area contributed by atoms with Gasteiger partial charge in [-0.3, -0.25) is 4.90 Å². The fourth-order valence-corrected chi connectivity index (χ4v) is 2.64. The Morgan fingerprint density at radius 2 is 2.06 bits per heavy atom. The molecule has 0 aromatic heterocycles. The molecule has 2 rings (SSSR count). The van der Waals surface area contributed by atoms with E-state index in [0.29, 0.717) is 12.0 Å². The Bertz CT molecular complexity index is 228. The molecule has 1 heterocycles. The predicted molar refractivity (Wildman–Crippen MR) is 66.4 cm³/mol. The summed E-state index contributed by atoms with van der Waals surface area (Å²) in [6.07, 6.45) is 3.82. The third kappa shape index (κ3) is 2.96. The first-order valence-corrected chi connectivity index (χ1v) is 6.75. The fourth-order valence-electron chi connectivity index (χ4n) is 2.64. The number of nitrogens with one attached hydrogen (secondary N) is 1. The quantitative estimate of drug-likeness (QED) is 0.740. The Balaban J connectivity index is 1.71. The van der Waals surface area contributed by atoms with Crippen molar-refractivity contribution < 1.29 is 5.11 Å². The first-order valence-electron chi connectivity index (χ1n) is 6.75. The Morgan fingerprint density at radius 3 is 2.62 bits per heavy atom. The fraction of sp³-hybridized carbons (Fsp3) is 1.00. The average molecular weight is 226 g/mol. The smallest absolute Gasteiger partial charge is 0.0687 e. The van der Waals surface area contributed by atoms with Gasteiger partial charge in [-0.2, -0.15) is 0 Å². The second-order valence-corrected chi connectivity index (χ2v) is 5.93. The highest BCUT2D eigenvalue weighted by Crippen LogP contribution is 2.33. The van der Waals surface area contributed by atoms with E-state index in [2.05, 4.69) is 31.0 Å². The third-order valence-electron chi connectivity index (χ3n) is 4.02. The van der Waals surface area contributed by atoms with E-state index >= 15 is 0 Å². The van der Waals surface area contributed by atoms with Crippen LogP contribution < -0.4 is 5.32 Å². The van der Waals surface area contributed by atoms with Gasteiger partial charge in [0, 0.05) is 31.2 Å². The van der Waals surface area contributed by atoms with Crippen LogP contribution in [-0.4, -0.2) is 47.3 Å². The average Bonchev–Trinajstić information content (AvgIpc) is 3.00. The molecule has 0 spiro atoms. The molecule has 1 aliphatic heterocycles. The number of nitrogens with zero attached hydrogens (tertiary/aromatic N) is 1. The molecule has 0 bridgehead atoms. The molecule has 3 atom stereocenters. The number of aliphatic hydroxyl groups excluding tert-OH is 1. The second kappa shape index (κ2) is 5.03. The Labute approximate surface area is 99.2 Å². The molecule has 3 unspecified atom stereocenters. The van der Waals surface area contributed by atoms with Crippen LogP contribution in [0.1, 0.15) is 40.0 Å². The molecule has 3 heteroatoms.